The molecule has 0 amide bonds. The molecule has 2 heterocycles. The quantitative estimate of drug-likeness (QED) is 0.358. The van der Waals surface area contributed by atoms with Crippen LogP contribution in [0.4, 0.5) is 13.2 Å². The second-order valence-corrected chi connectivity index (χ2v) is 7.64. The summed E-state index contributed by atoms with van der Waals surface area (Å²) in [5.41, 5.74) is 2.29. The lowest BCUT2D eigenvalue weighted by Gasteiger charge is -2.11. The molecule has 4 rings (SSSR count). The minimum absolute atomic E-state index is 0.0120. The monoisotopic (exact) mass is 520 g/mol. The largest absolute Gasteiger partial charge is 0.497 e. The number of carbonyl (C=O) groups is 1. The summed E-state index contributed by atoms with van der Waals surface area (Å²) in [7, 11) is 1.55. The normalized spacial score (nSPS) is 11.5. The molecule has 33 heavy (non-hydrogen) atoms. The third-order valence-electron chi connectivity index (χ3n) is 4.69. The zero-order chi connectivity index (χ0) is 23.6. The van der Waals surface area contributed by atoms with Gasteiger partial charge in [0.15, 0.2) is 17.0 Å². The first-order valence-electron chi connectivity index (χ1n) is 9.57. The fourth-order valence-corrected chi connectivity index (χ4v) is 3.56. The van der Waals surface area contributed by atoms with Crippen molar-refractivity contribution in [3.63, 3.8) is 0 Å². The molecule has 0 radical (unpaired) electrons. The summed E-state index contributed by atoms with van der Waals surface area (Å²) in [6.45, 7) is 0.172. The average molecular weight is 521 g/mol. The maximum Gasteiger partial charge on any atom is 0.433 e. The third kappa shape index (κ3) is 4.83. The van der Waals surface area contributed by atoms with Crippen LogP contribution in [-0.2, 0) is 17.6 Å². The van der Waals surface area contributed by atoms with Crippen LogP contribution >= 0.6 is 15.9 Å². The number of methoxy groups -OCH3 is 1. The van der Waals surface area contributed by atoms with Gasteiger partial charge < -0.3 is 9.57 Å². The summed E-state index contributed by atoms with van der Waals surface area (Å²) in [5, 5.41) is 3.82. The van der Waals surface area contributed by atoms with Crippen molar-refractivity contribution in [3.05, 3.63) is 82.1 Å². The van der Waals surface area contributed by atoms with Crippen molar-refractivity contribution in [1.29, 1.82) is 0 Å². The number of aromatic nitrogens is 3. The topological polar surface area (TPSA) is 77.8 Å². The van der Waals surface area contributed by atoms with Gasteiger partial charge >= 0.3 is 12.1 Å². The van der Waals surface area contributed by atoms with E-state index in [0.29, 0.717) is 15.8 Å². The van der Waals surface area contributed by atoms with Crippen molar-refractivity contribution >= 4 is 27.5 Å². The number of nitrogens with one attached hydrogen (secondary N) is 1. The Labute approximate surface area is 194 Å². The zero-order valence-corrected chi connectivity index (χ0v) is 18.6. The van der Waals surface area contributed by atoms with Crippen molar-refractivity contribution < 1.29 is 27.5 Å². The Morgan fingerprint density at radius 2 is 1.82 bits per heavy atom. The highest BCUT2D eigenvalue weighted by Gasteiger charge is 2.36. The molecule has 0 saturated carbocycles. The van der Waals surface area contributed by atoms with Gasteiger partial charge in [-0.1, -0.05) is 42.5 Å². The van der Waals surface area contributed by atoms with Crippen LogP contribution in [0.3, 0.4) is 0 Å². The average Bonchev–Trinajstić information content (AvgIpc) is 3.15. The molecule has 0 saturated heterocycles. The summed E-state index contributed by atoms with van der Waals surface area (Å²) in [6, 6.07) is 16.3. The fraction of sp³-hybridized carbons (Fsp3) is 0.136. The molecular weight excluding hydrogens is 505 g/mol. The first-order valence-corrected chi connectivity index (χ1v) is 10.4. The molecule has 0 atom stereocenters. The molecule has 0 unspecified atom stereocenters. The maximum absolute atomic E-state index is 13.8. The highest BCUT2D eigenvalue weighted by atomic mass is 79.9. The Hall–Kier alpha value is -3.44. The molecule has 4 aromatic rings. The maximum atomic E-state index is 13.8. The van der Waals surface area contributed by atoms with E-state index in [9.17, 15) is 18.0 Å². The predicted molar refractivity (Wildman–Crippen MR) is 116 cm³/mol. The molecular formula is C22H16BrF3N4O3. The van der Waals surface area contributed by atoms with Gasteiger partial charge in [0.2, 0.25) is 0 Å². The number of carbonyl (C=O) groups excluding carboxylic acids is 1. The Morgan fingerprint density at radius 3 is 2.45 bits per heavy atom. The van der Waals surface area contributed by atoms with Crippen molar-refractivity contribution in [3.8, 4) is 17.0 Å². The molecule has 11 heteroatoms. The number of hydroxylamine groups is 1. The highest BCUT2D eigenvalue weighted by Crippen LogP contribution is 2.34. The molecule has 7 nitrogen and oxygen atoms in total. The smallest absolute Gasteiger partial charge is 0.433 e. The summed E-state index contributed by atoms with van der Waals surface area (Å²) in [6.07, 6.45) is -4.73. The van der Waals surface area contributed by atoms with E-state index in [1.807, 2.05) is 0 Å². The van der Waals surface area contributed by atoms with E-state index in [1.54, 1.807) is 61.7 Å². The zero-order valence-electron chi connectivity index (χ0n) is 17.1. The van der Waals surface area contributed by atoms with Crippen molar-refractivity contribution in [2.75, 3.05) is 7.11 Å². The molecule has 0 aliphatic heterocycles. The number of ether oxygens (including phenoxy) is 1. The lowest BCUT2D eigenvalue weighted by Crippen LogP contribution is -2.20. The van der Waals surface area contributed by atoms with Crippen LogP contribution in [0.15, 0.2) is 65.1 Å². The number of hydrogen-bond acceptors (Lipinski definition) is 6. The first kappa shape index (κ1) is 22.7. The van der Waals surface area contributed by atoms with E-state index < -0.39 is 17.8 Å². The number of rotatable bonds is 6. The molecule has 170 valence electrons. The third-order valence-corrected chi connectivity index (χ3v) is 5.42. The van der Waals surface area contributed by atoms with Gasteiger partial charge in [-0.3, -0.25) is 0 Å². The van der Waals surface area contributed by atoms with Gasteiger partial charge in [0.25, 0.3) is 0 Å². The van der Waals surface area contributed by atoms with Crippen LogP contribution in [-0.4, -0.2) is 27.7 Å². The van der Waals surface area contributed by atoms with Gasteiger partial charge in [0.05, 0.1) is 23.8 Å². The number of benzene rings is 2. The molecule has 0 fully saturated rings. The Morgan fingerprint density at radius 1 is 1.12 bits per heavy atom. The lowest BCUT2D eigenvalue weighted by molar-refractivity contribution is -0.142. The van der Waals surface area contributed by atoms with E-state index >= 15 is 0 Å². The molecule has 0 bridgehead atoms. The summed E-state index contributed by atoms with van der Waals surface area (Å²) in [5.74, 6) is -0.289. The molecule has 2 aromatic carbocycles. The lowest BCUT2D eigenvalue weighted by atomic mass is 10.1. The number of fused-ring (bicyclic) bond motifs is 1. The van der Waals surface area contributed by atoms with Crippen molar-refractivity contribution in [2.45, 2.75) is 12.7 Å². The predicted octanol–water partition coefficient (Wildman–Crippen LogP) is 5.05. The van der Waals surface area contributed by atoms with E-state index in [0.717, 1.165) is 11.6 Å². The highest BCUT2D eigenvalue weighted by molar-refractivity contribution is 9.10. The molecule has 1 N–H and O–H groups in total. The van der Waals surface area contributed by atoms with Gasteiger partial charge in [0, 0.05) is 5.56 Å². The van der Waals surface area contributed by atoms with E-state index in [-0.39, 0.29) is 28.1 Å². The number of hydrogen-bond donors (Lipinski definition) is 1. The first-order chi connectivity index (χ1) is 15.8. The van der Waals surface area contributed by atoms with Crippen LogP contribution in [0.2, 0.25) is 0 Å². The second-order valence-electron chi connectivity index (χ2n) is 6.85. The van der Waals surface area contributed by atoms with E-state index in [4.69, 9.17) is 9.57 Å². The van der Waals surface area contributed by atoms with Crippen LogP contribution in [0, 0.1) is 0 Å². The SMILES string of the molecule is COc1ccc(CNOC(=O)c2nn3c(C(F)(F)F)cc(-c4ccccc4)nc3c2Br)cc1. The number of nitrogens with zero attached hydrogens (tertiary/aromatic N) is 3. The Bertz CT molecular complexity index is 1290. The molecule has 2 aromatic heterocycles. The Balaban J connectivity index is 1.62. The van der Waals surface area contributed by atoms with Crippen LogP contribution in [0.5, 0.6) is 5.75 Å². The fourth-order valence-electron chi connectivity index (χ4n) is 3.06. The number of alkyl halides is 3. The van der Waals surface area contributed by atoms with Gasteiger partial charge in [0.1, 0.15) is 5.75 Å². The van der Waals surface area contributed by atoms with Gasteiger partial charge in [-0.2, -0.15) is 18.3 Å². The summed E-state index contributed by atoms with van der Waals surface area (Å²) in [4.78, 5) is 21.8. The van der Waals surface area contributed by atoms with Crippen LogP contribution in [0.1, 0.15) is 21.7 Å². The van der Waals surface area contributed by atoms with Crippen molar-refractivity contribution in [2.24, 2.45) is 0 Å². The minimum atomic E-state index is -4.73. The Kier molecular flexibility index (Phi) is 6.34. The summed E-state index contributed by atoms with van der Waals surface area (Å²) >= 11 is 3.16. The second kappa shape index (κ2) is 9.20. The minimum Gasteiger partial charge on any atom is -0.497 e. The molecule has 0 aliphatic rings. The van der Waals surface area contributed by atoms with Gasteiger partial charge in [-0.05, 0) is 39.7 Å². The van der Waals surface area contributed by atoms with Crippen LogP contribution < -0.4 is 10.2 Å². The van der Waals surface area contributed by atoms with Crippen molar-refractivity contribution in [1.82, 2.24) is 20.1 Å². The van der Waals surface area contributed by atoms with E-state index in [2.05, 4.69) is 31.5 Å². The van der Waals surface area contributed by atoms with Gasteiger partial charge in [-0.15, -0.1) is 5.48 Å². The van der Waals surface area contributed by atoms with Gasteiger partial charge in [-0.25, -0.2) is 14.3 Å². The molecule has 0 aliphatic carbocycles. The summed E-state index contributed by atoms with van der Waals surface area (Å²) < 4.78 is 46.9. The van der Waals surface area contributed by atoms with Crippen LogP contribution in [0.25, 0.3) is 16.9 Å². The standard InChI is InChI=1S/C22H16BrF3N4O3/c1-32-15-9-7-13(8-10-15)12-27-33-21(31)19-18(23)20-28-16(14-5-3-2-4-6-14)11-17(22(24,25)26)30(20)29-19/h2-11,27H,12H2,1H3. The number of halogens is 4. The molecule has 0 spiro atoms. The van der Waals surface area contributed by atoms with E-state index in [1.165, 1.54) is 0 Å².